The molecule has 0 aliphatic carbocycles. The molecule has 0 aliphatic heterocycles. The van der Waals surface area contributed by atoms with E-state index >= 15 is 0 Å². The predicted octanol–water partition coefficient (Wildman–Crippen LogP) is 5.09. The Morgan fingerprint density at radius 2 is 2.03 bits per heavy atom. The molecule has 5 nitrogen and oxygen atoms in total. The molecule has 0 unspecified atom stereocenters. The van der Waals surface area contributed by atoms with E-state index in [1.165, 1.54) is 23.9 Å². The van der Waals surface area contributed by atoms with E-state index in [0.717, 1.165) is 21.9 Å². The molecule has 0 atom stereocenters. The minimum Gasteiger partial charge on any atom is -0.462 e. The van der Waals surface area contributed by atoms with E-state index in [0.29, 0.717) is 30.0 Å². The molecule has 4 aromatic rings. The number of ether oxygens (including phenoxy) is 1. The highest BCUT2D eigenvalue weighted by molar-refractivity contribution is 7.98. The number of rotatable bonds is 7. The van der Waals surface area contributed by atoms with Crippen LogP contribution in [0.2, 0.25) is 0 Å². The number of hydrogen-bond donors (Lipinski definition) is 0. The molecule has 0 saturated carbocycles. The SMILES string of the molecule is CCOC(=O)c1ccc2c(c1)nc(SCc1cccc(F)c1)n2Cc1ccccn1. The quantitative estimate of drug-likeness (QED) is 0.307. The number of fused-ring (bicyclic) bond motifs is 1. The molecule has 0 N–H and O–H groups in total. The van der Waals surface area contributed by atoms with Crippen molar-refractivity contribution in [2.45, 2.75) is 24.4 Å². The molecule has 0 bridgehead atoms. The molecule has 0 radical (unpaired) electrons. The van der Waals surface area contributed by atoms with E-state index in [-0.39, 0.29) is 11.8 Å². The lowest BCUT2D eigenvalue weighted by Gasteiger charge is -2.09. The van der Waals surface area contributed by atoms with Crippen molar-refractivity contribution >= 4 is 28.8 Å². The summed E-state index contributed by atoms with van der Waals surface area (Å²) in [6.07, 6.45) is 1.76. The van der Waals surface area contributed by atoms with E-state index in [1.54, 1.807) is 31.3 Å². The Labute approximate surface area is 177 Å². The molecule has 152 valence electrons. The summed E-state index contributed by atoms with van der Waals surface area (Å²) in [4.78, 5) is 21.3. The Morgan fingerprint density at radius 1 is 1.13 bits per heavy atom. The second kappa shape index (κ2) is 9.09. The van der Waals surface area contributed by atoms with Gasteiger partial charge in [-0.2, -0.15) is 0 Å². The number of pyridine rings is 1. The fourth-order valence-corrected chi connectivity index (χ4v) is 4.10. The molecular formula is C23H20FN3O2S. The molecule has 2 heterocycles. The number of imidazole rings is 1. The van der Waals surface area contributed by atoms with Crippen molar-refractivity contribution in [3.05, 3.63) is 89.5 Å². The van der Waals surface area contributed by atoms with Crippen LogP contribution >= 0.6 is 11.8 Å². The summed E-state index contributed by atoms with van der Waals surface area (Å²) in [5.74, 6) is -0.0459. The van der Waals surface area contributed by atoms with Crippen molar-refractivity contribution in [3.63, 3.8) is 0 Å². The lowest BCUT2D eigenvalue weighted by atomic mass is 10.2. The molecule has 0 spiro atoms. The van der Waals surface area contributed by atoms with Gasteiger partial charge in [0.05, 0.1) is 35.4 Å². The van der Waals surface area contributed by atoms with Gasteiger partial charge in [-0.3, -0.25) is 4.98 Å². The highest BCUT2D eigenvalue weighted by Crippen LogP contribution is 2.28. The van der Waals surface area contributed by atoms with Crippen LogP contribution in [0.1, 0.15) is 28.5 Å². The summed E-state index contributed by atoms with van der Waals surface area (Å²) < 4.78 is 20.7. The average molecular weight is 421 g/mol. The fourth-order valence-electron chi connectivity index (χ4n) is 3.14. The minimum atomic E-state index is -0.368. The zero-order valence-corrected chi connectivity index (χ0v) is 17.2. The molecule has 0 aliphatic rings. The number of esters is 1. The highest BCUT2D eigenvalue weighted by atomic mass is 32.2. The number of benzene rings is 2. The number of hydrogen-bond acceptors (Lipinski definition) is 5. The largest absolute Gasteiger partial charge is 0.462 e. The zero-order valence-electron chi connectivity index (χ0n) is 16.4. The Balaban J connectivity index is 1.70. The third kappa shape index (κ3) is 4.52. The van der Waals surface area contributed by atoms with Crippen LogP contribution in [-0.4, -0.2) is 27.1 Å². The van der Waals surface area contributed by atoms with Crippen LogP contribution in [0.4, 0.5) is 4.39 Å². The first-order chi connectivity index (χ1) is 14.6. The molecule has 30 heavy (non-hydrogen) atoms. The van der Waals surface area contributed by atoms with Crippen molar-refractivity contribution in [3.8, 4) is 0 Å². The number of halogens is 1. The van der Waals surface area contributed by atoms with Gasteiger partial charge < -0.3 is 9.30 Å². The summed E-state index contributed by atoms with van der Waals surface area (Å²) in [7, 11) is 0. The molecule has 0 amide bonds. The Kier molecular flexibility index (Phi) is 6.09. The Hall–Kier alpha value is -3.19. The summed E-state index contributed by atoms with van der Waals surface area (Å²) in [6, 6.07) is 17.7. The monoisotopic (exact) mass is 421 g/mol. The minimum absolute atomic E-state index is 0.255. The van der Waals surface area contributed by atoms with Crippen LogP contribution in [0.5, 0.6) is 0 Å². The number of nitrogens with zero attached hydrogens (tertiary/aromatic N) is 3. The van der Waals surface area contributed by atoms with Crippen LogP contribution in [0.25, 0.3) is 11.0 Å². The van der Waals surface area contributed by atoms with Crippen LogP contribution in [-0.2, 0) is 17.0 Å². The summed E-state index contributed by atoms with van der Waals surface area (Å²) in [6.45, 7) is 2.64. The molecule has 4 rings (SSSR count). The Morgan fingerprint density at radius 3 is 2.80 bits per heavy atom. The van der Waals surface area contributed by atoms with E-state index in [2.05, 4.69) is 9.55 Å². The maximum absolute atomic E-state index is 13.5. The predicted molar refractivity (Wildman–Crippen MR) is 115 cm³/mol. The van der Waals surface area contributed by atoms with Crippen LogP contribution in [0.3, 0.4) is 0 Å². The van der Waals surface area contributed by atoms with Gasteiger partial charge in [-0.25, -0.2) is 14.2 Å². The summed E-state index contributed by atoms with van der Waals surface area (Å²) in [5, 5.41) is 0.779. The smallest absolute Gasteiger partial charge is 0.338 e. The lowest BCUT2D eigenvalue weighted by Crippen LogP contribution is -2.05. The van der Waals surface area contributed by atoms with E-state index < -0.39 is 0 Å². The molecule has 2 aromatic heterocycles. The van der Waals surface area contributed by atoms with Crippen molar-refractivity contribution in [1.29, 1.82) is 0 Å². The molecular weight excluding hydrogens is 401 g/mol. The highest BCUT2D eigenvalue weighted by Gasteiger charge is 2.15. The van der Waals surface area contributed by atoms with E-state index in [1.807, 2.05) is 30.3 Å². The molecule has 2 aromatic carbocycles. The van der Waals surface area contributed by atoms with Crippen LogP contribution in [0.15, 0.2) is 72.0 Å². The van der Waals surface area contributed by atoms with Gasteiger partial charge in [0.1, 0.15) is 5.82 Å². The first kappa shape index (κ1) is 20.1. The average Bonchev–Trinajstić information content (AvgIpc) is 3.10. The zero-order chi connectivity index (χ0) is 20.9. The van der Waals surface area contributed by atoms with Crippen molar-refractivity contribution in [1.82, 2.24) is 14.5 Å². The summed E-state index contributed by atoms with van der Waals surface area (Å²) >= 11 is 1.52. The fraction of sp³-hybridized carbons (Fsp3) is 0.174. The first-order valence-corrected chi connectivity index (χ1v) is 10.6. The van der Waals surface area contributed by atoms with Gasteiger partial charge in [-0.1, -0.05) is 30.0 Å². The van der Waals surface area contributed by atoms with Gasteiger partial charge in [0, 0.05) is 11.9 Å². The van der Waals surface area contributed by atoms with Gasteiger partial charge in [0.2, 0.25) is 0 Å². The van der Waals surface area contributed by atoms with Crippen molar-refractivity contribution in [2.24, 2.45) is 0 Å². The molecule has 7 heteroatoms. The second-order valence-electron chi connectivity index (χ2n) is 6.64. The second-order valence-corrected chi connectivity index (χ2v) is 7.59. The first-order valence-electron chi connectivity index (χ1n) is 9.58. The van der Waals surface area contributed by atoms with Gasteiger partial charge in [0.25, 0.3) is 0 Å². The van der Waals surface area contributed by atoms with Gasteiger partial charge in [-0.15, -0.1) is 0 Å². The third-order valence-electron chi connectivity index (χ3n) is 4.53. The number of aromatic nitrogens is 3. The summed E-state index contributed by atoms with van der Waals surface area (Å²) in [5.41, 5.74) is 3.85. The van der Waals surface area contributed by atoms with Crippen LogP contribution in [0, 0.1) is 5.82 Å². The standard InChI is InChI=1S/C23H20FN3O2S/c1-2-29-22(28)17-9-10-21-20(13-17)26-23(27(21)14-19-8-3-4-11-25-19)30-15-16-6-5-7-18(24)12-16/h3-13H,2,14-15H2,1H3. The van der Waals surface area contributed by atoms with Gasteiger partial charge in [-0.05, 0) is 55.0 Å². The van der Waals surface area contributed by atoms with E-state index in [4.69, 9.17) is 9.72 Å². The number of carbonyl (C=O) groups excluding carboxylic acids is 1. The number of carbonyl (C=O) groups is 1. The molecule has 0 fully saturated rings. The van der Waals surface area contributed by atoms with Crippen LogP contribution < -0.4 is 0 Å². The third-order valence-corrected chi connectivity index (χ3v) is 5.58. The lowest BCUT2D eigenvalue weighted by molar-refractivity contribution is 0.0526. The van der Waals surface area contributed by atoms with E-state index in [9.17, 15) is 9.18 Å². The van der Waals surface area contributed by atoms with Crippen molar-refractivity contribution in [2.75, 3.05) is 6.61 Å². The van der Waals surface area contributed by atoms with Gasteiger partial charge >= 0.3 is 5.97 Å². The topological polar surface area (TPSA) is 57.0 Å². The maximum atomic E-state index is 13.5. The molecule has 0 saturated heterocycles. The number of thioether (sulfide) groups is 1. The van der Waals surface area contributed by atoms with Gasteiger partial charge in [0.15, 0.2) is 5.16 Å². The normalized spacial score (nSPS) is 11.0. The Bertz CT molecular complexity index is 1180. The maximum Gasteiger partial charge on any atom is 0.338 e. The van der Waals surface area contributed by atoms with Crippen molar-refractivity contribution < 1.29 is 13.9 Å².